The number of carbonyl (C=O) groups excluding carboxylic acids is 1. The second-order valence-corrected chi connectivity index (χ2v) is 9.25. The summed E-state index contributed by atoms with van der Waals surface area (Å²) < 4.78 is 28.8. The first-order chi connectivity index (χ1) is 18.5. The van der Waals surface area contributed by atoms with E-state index in [1.807, 2.05) is 42.2 Å². The van der Waals surface area contributed by atoms with Gasteiger partial charge in [0.05, 0.1) is 34.0 Å². The number of ether oxygens (including phenoxy) is 5. The summed E-state index contributed by atoms with van der Waals surface area (Å²) in [4.78, 5) is 19.7. The molecule has 202 valence electrons. The number of aromatic nitrogens is 1. The van der Waals surface area contributed by atoms with Crippen molar-refractivity contribution in [2.45, 2.75) is 39.2 Å². The Morgan fingerprint density at radius 1 is 0.868 bits per heavy atom. The molecule has 0 spiro atoms. The molecule has 3 aromatic rings. The van der Waals surface area contributed by atoms with Crippen molar-refractivity contribution in [3.8, 4) is 28.7 Å². The van der Waals surface area contributed by atoms with Gasteiger partial charge in [-0.25, -0.2) is 0 Å². The number of hydrogen-bond donors (Lipinski definition) is 0. The lowest BCUT2D eigenvalue weighted by molar-refractivity contribution is 0.0719. The highest BCUT2D eigenvalue weighted by Crippen LogP contribution is 2.49. The highest BCUT2D eigenvalue weighted by Gasteiger charge is 2.27. The van der Waals surface area contributed by atoms with Gasteiger partial charge in [0, 0.05) is 48.6 Å². The van der Waals surface area contributed by atoms with E-state index in [-0.39, 0.29) is 5.91 Å². The molecular weight excluding hydrogens is 484 g/mol. The van der Waals surface area contributed by atoms with E-state index in [1.54, 1.807) is 40.8 Å². The van der Waals surface area contributed by atoms with Gasteiger partial charge in [0.25, 0.3) is 5.91 Å². The number of rotatable bonds is 10. The van der Waals surface area contributed by atoms with Crippen LogP contribution in [0, 0.1) is 6.92 Å². The molecule has 0 radical (unpaired) electrons. The van der Waals surface area contributed by atoms with Gasteiger partial charge in [-0.2, -0.15) is 0 Å². The van der Waals surface area contributed by atoms with E-state index in [2.05, 4.69) is 4.98 Å². The zero-order chi connectivity index (χ0) is 27.1. The number of pyridine rings is 1. The fourth-order valence-corrected chi connectivity index (χ4v) is 4.96. The van der Waals surface area contributed by atoms with Crippen LogP contribution in [-0.2, 0) is 13.0 Å². The van der Waals surface area contributed by atoms with Crippen LogP contribution >= 0.6 is 0 Å². The van der Waals surface area contributed by atoms with Crippen molar-refractivity contribution < 1.29 is 28.5 Å². The van der Waals surface area contributed by atoms with Crippen molar-refractivity contribution in [3.63, 3.8) is 0 Å². The molecule has 1 amide bonds. The molecule has 1 aliphatic rings. The number of benzene rings is 2. The molecule has 0 bridgehead atoms. The van der Waals surface area contributed by atoms with Crippen LogP contribution in [-0.4, -0.2) is 57.3 Å². The zero-order valence-corrected chi connectivity index (χ0v) is 22.8. The van der Waals surface area contributed by atoms with Crippen LogP contribution in [0.4, 0.5) is 0 Å². The van der Waals surface area contributed by atoms with Crippen molar-refractivity contribution in [1.82, 2.24) is 9.88 Å². The van der Waals surface area contributed by atoms with Crippen molar-refractivity contribution >= 4 is 5.91 Å². The Labute approximate surface area is 224 Å². The summed E-state index contributed by atoms with van der Waals surface area (Å²) in [5.41, 5.74) is 4.20. The number of piperidine rings is 1. The van der Waals surface area contributed by atoms with Gasteiger partial charge in [-0.1, -0.05) is 12.1 Å². The van der Waals surface area contributed by atoms with E-state index in [4.69, 9.17) is 23.7 Å². The fourth-order valence-electron chi connectivity index (χ4n) is 4.96. The normalized spacial score (nSPS) is 13.1. The van der Waals surface area contributed by atoms with Crippen molar-refractivity contribution in [2.75, 3.05) is 41.5 Å². The smallest absolute Gasteiger partial charge is 0.257 e. The Morgan fingerprint density at radius 3 is 2.18 bits per heavy atom. The summed E-state index contributed by atoms with van der Waals surface area (Å²) in [5, 5.41) is 0. The average molecular weight is 521 g/mol. The first kappa shape index (κ1) is 27.1. The van der Waals surface area contributed by atoms with E-state index in [1.165, 1.54) is 0 Å². The van der Waals surface area contributed by atoms with Crippen LogP contribution in [0.15, 0.2) is 42.7 Å². The maximum Gasteiger partial charge on any atom is 0.257 e. The predicted molar refractivity (Wildman–Crippen MR) is 145 cm³/mol. The molecule has 1 aromatic heterocycles. The van der Waals surface area contributed by atoms with Crippen LogP contribution in [0.3, 0.4) is 0 Å². The number of amides is 1. The van der Waals surface area contributed by atoms with Gasteiger partial charge in [-0.05, 0) is 49.9 Å². The Morgan fingerprint density at radius 2 is 1.55 bits per heavy atom. The topological polar surface area (TPSA) is 79.4 Å². The molecule has 0 N–H and O–H groups in total. The quantitative estimate of drug-likeness (QED) is 0.363. The zero-order valence-electron chi connectivity index (χ0n) is 22.8. The minimum absolute atomic E-state index is 0.0127. The number of methoxy groups -OCH3 is 4. The lowest BCUT2D eigenvalue weighted by Crippen LogP contribution is -2.35. The van der Waals surface area contributed by atoms with Gasteiger partial charge in [0.2, 0.25) is 11.5 Å². The third kappa shape index (κ3) is 5.64. The largest absolute Gasteiger partial charge is 0.492 e. The van der Waals surface area contributed by atoms with Crippen LogP contribution < -0.4 is 23.7 Å². The Kier molecular flexibility index (Phi) is 8.94. The molecule has 0 aliphatic carbocycles. The van der Waals surface area contributed by atoms with Gasteiger partial charge < -0.3 is 28.6 Å². The fraction of sp³-hybridized carbons (Fsp3) is 0.400. The highest BCUT2D eigenvalue weighted by atomic mass is 16.5. The van der Waals surface area contributed by atoms with E-state index < -0.39 is 0 Å². The molecule has 0 saturated carbocycles. The Hall–Kier alpha value is -3.94. The molecule has 8 heteroatoms. The van der Waals surface area contributed by atoms with Gasteiger partial charge in [0.15, 0.2) is 11.5 Å². The molecule has 0 atom stereocenters. The monoisotopic (exact) mass is 520 g/mol. The maximum absolute atomic E-state index is 13.7. The number of nitrogens with zero attached hydrogens (tertiary/aromatic N) is 2. The second kappa shape index (κ2) is 12.5. The molecular formula is C30H36N2O6. The van der Waals surface area contributed by atoms with E-state index in [0.29, 0.717) is 47.3 Å². The molecule has 1 fully saturated rings. The van der Waals surface area contributed by atoms with Crippen LogP contribution in [0.5, 0.6) is 28.7 Å². The minimum Gasteiger partial charge on any atom is -0.492 e. The van der Waals surface area contributed by atoms with Gasteiger partial charge in [0.1, 0.15) is 12.4 Å². The molecule has 2 aromatic carbocycles. The SMILES string of the molecule is COc1c(C)c(Cc2ccc(OCc3cccnc3)c(C(=O)N3CCCCC3)c2)c(OC)c(OC)c1OC. The molecule has 1 saturated heterocycles. The lowest BCUT2D eigenvalue weighted by atomic mass is 9.95. The summed E-state index contributed by atoms with van der Waals surface area (Å²) in [6.45, 7) is 3.80. The first-order valence-corrected chi connectivity index (χ1v) is 12.8. The standard InChI is InChI=1S/C30H36N2O6/c1-20-23(27(35-3)29(37-5)28(36-4)26(20)34-2)16-21-11-12-25(38-19-22-10-9-13-31-18-22)24(17-21)30(33)32-14-7-6-8-15-32/h9-13,17-18H,6-8,14-16,19H2,1-5H3. The van der Waals surface area contributed by atoms with Gasteiger partial charge in [-0.15, -0.1) is 0 Å². The molecule has 1 aliphatic heterocycles. The summed E-state index contributed by atoms with van der Waals surface area (Å²) in [6.07, 6.45) is 7.16. The first-order valence-electron chi connectivity index (χ1n) is 12.8. The van der Waals surface area contributed by atoms with Crippen molar-refractivity contribution in [1.29, 1.82) is 0 Å². The Balaban J connectivity index is 1.73. The maximum atomic E-state index is 13.7. The van der Waals surface area contributed by atoms with E-state index in [9.17, 15) is 4.79 Å². The molecule has 0 unspecified atom stereocenters. The number of likely N-dealkylation sites (tertiary alicyclic amines) is 1. The van der Waals surface area contributed by atoms with E-state index >= 15 is 0 Å². The molecule has 8 nitrogen and oxygen atoms in total. The van der Waals surface area contributed by atoms with Gasteiger partial charge in [-0.3, -0.25) is 9.78 Å². The third-order valence-electron chi connectivity index (χ3n) is 6.92. The van der Waals surface area contributed by atoms with E-state index in [0.717, 1.165) is 54.6 Å². The van der Waals surface area contributed by atoms with Gasteiger partial charge >= 0.3 is 0 Å². The predicted octanol–water partition coefficient (Wildman–Crippen LogP) is 5.22. The number of carbonyl (C=O) groups is 1. The number of hydrogen-bond acceptors (Lipinski definition) is 7. The summed E-state index contributed by atoms with van der Waals surface area (Å²) in [7, 11) is 6.35. The Bertz CT molecular complexity index is 1260. The summed E-state index contributed by atoms with van der Waals surface area (Å²) in [6, 6.07) is 9.61. The summed E-state index contributed by atoms with van der Waals surface area (Å²) >= 11 is 0. The van der Waals surface area contributed by atoms with Crippen LogP contribution in [0.2, 0.25) is 0 Å². The molecule has 4 rings (SSSR count). The third-order valence-corrected chi connectivity index (χ3v) is 6.92. The molecule has 2 heterocycles. The van der Waals surface area contributed by atoms with Crippen molar-refractivity contribution in [2.24, 2.45) is 0 Å². The van der Waals surface area contributed by atoms with Crippen LogP contribution in [0.25, 0.3) is 0 Å². The summed E-state index contributed by atoms with van der Waals surface area (Å²) in [5.74, 6) is 2.65. The van der Waals surface area contributed by atoms with Crippen molar-refractivity contribution in [3.05, 3.63) is 70.5 Å². The molecule has 38 heavy (non-hydrogen) atoms. The minimum atomic E-state index is -0.0127. The van der Waals surface area contributed by atoms with Crippen LogP contribution in [0.1, 0.15) is 51.9 Å². The average Bonchev–Trinajstić information content (AvgIpc) is 2.97. The second-order valence-electron chi connectivity index (χ2n) is 9.25. The highest BCUT2D eigenvalue weighted by molar-refractivity contribution is 5.97. The lowest BCUT2D eigenvalue weighted by Gasteiger charge is -2.27.